The average molecular weight is 305 g/mol. The number of aromatic nitrogens is 1. The number of aliphatic hydroxyl groups is 1. The third-order valence-corrected chi connectivity index (χ3v) is 5.46. The molecule has 0 aliphatic heterocycles. The molecular formula is C21H23NO. The molecule has 0 atom stereocenters. The maximum absolute atomic E-state index is 9.39. The molecule has 0 unspecified atom stereocenters. The van der Waals surface area contributed by atoms with Crippen LogP contribution >= 0.6 is 0 Å². The van der Waals surface area contributed by atoms with Gasteiger partial charge >= 0.3 is 0 Å². The highest BCUT2D eigenvalue weighted by Crippen LogP contribution is 2.51. The van der Waals surface area contributed by atoms with Crippen molar-refractivity contribution >= 4 is 10.9 Å². The molecule has 4 rings (SSSR count). The number of hydrogen-bond acceptors (Lipinski definition) is 1. The van der Waals surface area contributed by atoms with Gasteiger partial charge in [-0.05, 0) is 37.0 Å². The van der Waals surface area contributed by atoms with Crippen LogP contribution in [0.3, 0.4) is 0 Å². The van der Waals surface area contributed by atoms with Crippen LogP contribution in [-0.2, 0) is 12.0 Å². The minimum absolute atomic E-state index is 0.147. The highest BCUT2D eigenvalue weighted by Gasteiger charge is 2.42. The Bertz CT molecular complexity index is 825. The van der Waals surface area contributed by atoms with Crippen LogP contribution in [0, 0.1) is 6.92 Å². The van der Waals surface area contributed by atoms with E-state index in [9.17, 15) is 5.11 Å². The molecule has 2 aromatic carbocycles. The fraction of sp³-hybridized carbons (Fsp3) is 0.333. The first-order valence-corrected chi connectivity index (χ1v) is 8.51. The summed E-state index contributed by atoms with van der Waals surface area (Å²) >= 11 is 0. The second-order valence-corrected chi connectivity index (χ2v) is 6.78. The molecule has 3 aromatic rings. The van der Waals surface area contributed by atoms with E-state index in [1.54, 1.807) is 0 Å². The van der Waals surface area contributed by atoms with E-state index in [0.717, 1.165) is 0 Å². The first-order valence-electron chi connectivity index (χ1n) is 8.51. The number of hydrogen-bond donors (Lipinski definition) is 1. The third kappa shape index (κ3) is 2.21. The van der Waals surface area contributed by atoms with Gasteiger partial charge in [-0.15, -0.1) is 0 Å². The quantitative estimate of drug-likeness (QED) is 0.759. The van der Waals surface area contributed by atoms with Gasteiger partial charge in [0.15, 0.2) is 0 Å². The minimum Gasteiger partial charge on any atom is -0.395 e. The van der Waals surface area contributed by atoms with Crippen LogP contribution in [0.1, 0.15) is 36.0 Å². The van der Waals surface area contributed by atoms with E-state index in [2.05, 4.69) is 66.2 Å². The van der Waals surface area contributed by atoms with Crippen LogP contribution in [0.15, 0.2) is 54.7 Å². The predicted octanol–water partition coefficient (Wildman–Crippen LogP) is 4.41. The van der Waals surface area contributed by atoms with E-state index in [1.807, 2.05) is 0 Å². The number of rotatable bonds is 4. The van der Waals surface area contributed by atoms with E-state index in [1.165, 1.54) is 46.9 Å². The monoisotopic (exact) mass is 305 g/mol. The largest absolute Gasteiger partial charge is 0.395 e. The van der Waals surface area contributed by atoms with Crippen molar-refractivity contribution in [3.8, 4) is 0 Å². The van der Waals surface area contributed by atoms with Gasteiger partial charge in [-0.1, -0.05) is 54.4 Å². The number of nitrogens with zero attached hydrogens (tertiary/aromatic N) is 1. The van der Waals surface area contributed by atoms with E-state index >= 15 is 0 Å². The first-order chi connectivity index (χ1) is 11.2. The van der Waals surface area contributed by atoms with Gasteiger partial charge in [0.05, 0.1) is 6.61 Å². The normalized spacial score (nSPS) is 16.4. The Morgan fingerprint density at radius 3 is 2.43 bits per heavy atom. The predicted molar refractivity (Wildman–Crippen MR) is 94.8 cm³/mol. The van der Waals surface area contributed by atoms with E-state index in [0.29, 0.717) is 6.54 Å². The molecule has 1 heterocycles. The zero-order valence-electron chi connectivity index (χ0n) is 13.6. The molecular weight excluding hydrogens is 282 g/mol. The van der Waals surface area contributed by atoms with Gasteiger partial charge in [0.1, 0.15) is 0 Å². The van der Waals surface area contributed by atoms with Crippen molar-refractivity contribution in [1.82, 2.24) is 4.57 Å². The molecule has 1 fully saturated rings. The average Bonchev–Trinajstić information content (AvgIpc) is 2.88. The summed E-state index contributed by atoms with van der Waals surface area (Å²) in [5.41, 5.74) is 5.55. The first kappa shape index (κ1) is 14.5. The van der Waals surface area contributed by atoms with Crippen LogP contribution in [0.5, 0.6) is 0 Å². The van der Waals surface area contributed by atoms with Gasteiger partial charge in [-0.2, -0.15) is 0 Å². The summed E-state index contributed by atoms with van der Waals surface area (Å²) in [6.45, 7) is 2.98. The van der Waals surface area contributed by atoms with Gasteiger partial charge in [0.25, 0.3) is 0 Å². The second kappa shape index (κ2) is 5.54. The molecule has 1 saturated carbocycles. The van der Waals surface area contributed by atoms with Crippen molar-refractivity contribution in [3.05, 3.63) is 71.4 Å². The van der Waals surface area contributed by atoms with Crippen molar-refractivity contribution in [3.63, 3.8) is 0 Å². The lowest BCUT2D eigenvalue weighted by atomic mass is 9.60. The maximum Gasteiger partial charge on any atom is 0.0610 e. The van der Waals surface area contributed by atoms with Gasteiger partial charge in [-0.3, -0.25) is 0 Å². The minimum atomic E-state index is 0.147. The van der Waals surface area contributed by atoms with E-state index in [4.69, 9.17) is 0 Å². The Morgan fingerprint density at radius 2 is 1.78 bits per heavy atom. The van der Waals surface area contributed by atoms with Gasteiger partial charge in [0, 0.05) is 29.1 Å². The lowest BCUT2D eigenvalue weighted by molar-refractivity contribution is 0.276. The fourth-order valence-corrected chi connectivity index (χ4v) is 4.04. The molecule has 118 valence electrons. The fourth-order valence-electron chi connectivity index (χ4n) is 4.04. The van der Waals surface area contributed by atoms with Crippen LogP contribution in [0.4, 0.5) is 0 Å². The zero-order chi connectivity index (χ0) is 15.9. The van der Waals surface area contributed by atoms with Gasteiger partial charge < -0.3 is 9.67 Å². The summed E-state index contributed by atoms with van der Waals surface area (Å²) < 4.78 is 2.21. The molecule has 1 aromatic heterocycles. The van der Waals surface area contributed by atoms with Crippen molar-refractivity contribution in [2.75, 3.05) is 6.61 Å². The Morgan fingerprint density at radius 1 is 1.04 bits per heavy atom. The van der Waals surface area contributed by atoms with Gasteiger partial charge in [-0.25, -0.2) is 0 Å². The molecule has 1 N–H and O–H groups in total. The molecule has 0 amide bonds. The van der Waals surface area contributed by atoms with E-state index < -0.39 is 0 Å². The molecule has 0 bridgehead atoms. The Labute approximate surface area is 137 Å². The van der Waals surface area contributed by atoms with Crippen molar-refractivity contribution < 1.29 is 5.11 Å². The second-order valence-electron chi connectivity index (χ2n) is 6.78. The molecule has 1 aliphatic rings. The van der Waals surface area contributed by atoms with Crippen LogP contribution in [-0.4, -0.2) is 16.3 Å². The molecule has 2 heteroatoms. The molecule has 1 aliphatic carbocycles. The summed E-state index contributed by atoms with van der Waals surface area (Å²) in [5.74, 6) is 0. The zero-order valence-corrected chi connectivity index (χ0v) is 13.6. The SMILES string of the molecule is Cc1ccc(C2(c3cn(CCO)c4ccccc34)CCC2)cc1. The van der Waals surface area contributed by atoms with Crippen molar-refractivity contribution in [2.45, 2.75) is 38.1 Å². The number of para-hydroxylation sites is 1. The Kier molecular flexibility index (Phi) is 3.50. The molecule has 0 radical (unpaired) electrons. The number of fused-ring (bicyclic) bond motifs is 1. The summed E-state index contributed by atoms with van der Waals surface area (Å²) in [5, 5.41) is 10.7. The topological polar surface area (TPSA) is 25.2 Å². The highest BCUT2D eigenvalue weighted by molar-refractivity contribution is 5.86. The molecule has 0 spiro atoms. The lowest BCUT2D eigenvalue weighted by Gasteiger charge is -2.43. The molecule has 0 saturated heterocycles. The van der Waals surface area contributed by atoms with Crippen molar-refractivity contribution in [2.24, 2.45) is 0 Å². The third-order valence-electron chi connectivity index (χ3n) is 5.46. The number of benzene rings is 2. The molecule has 23 heavy (non-hydrogen) atoms. The number of aliphatic hydroxyl groups excluding tert-OH is 1. The molecule has 2 nitrogen and oxygen atoms in total. The lowest BCUT2D eigenvalue weighted by Crippen LogP contribution is -2.35. The number of aryl methyl sites for hydroxylation is 1. The summed E-state index contributed by atoms with van der Waals surface area (Å²) in [4.78, 5) is 0. The van der Waals surface area contributed by atoms with E-state index in [-0.39, 0.29) is 12.0 Å². The van der Waals surface area contributed by atoms with Crippen molar-refractivity contribution in [1.29, 1.82) is 0 Å². The Balaban J connectivity index is 1.91. The smallest absolute Gasteiger partial charge is 0.0610 e. The Hall–Kier alpha value is -2.06. The van der Waals surface area contributed by atoms with Crippen LogP contribution in [0.2, 0.25) is 0 Å². The van der Waals surface area contributed by atoms with Crippen LogP contribution < -0.4 is 0 Å². The summed E-state index contributed by atoms with van der Waals surface area (Å²) in [7, 11) is 0. The summed E-state index contributed by atoms with van der Waals surface area (Å²) in [6.07, 6.45) is 5.99. The van der Waals surface area contributed by atoms with Crippen LogP contribution in [0.25, 0.3) is 10.9 Å². The standard InChI is InChI=1S/C21H23NO/c1-16-7-9-17(10-8-16)21(11-4-12-21)19-15-22(13-14-23)20-6-3-2-5-18(19)20/h2-3,5-10,15,23H,4,11-14H2,1H3. The highest BCUT2D eigenvalue weighted by atomic mass is 16.3. The summed E-state index contributed by atoms with van der Waals surface area (Å²) in [6, 6.07) is 17.6. The van der Waals surface area contributed by atoms with Gasteiger partial charge in [0.2, 0.25) is 0 Å². The maximum atomic E-state index is 9.39.